The number of nitrogens with two attached hydrogens (primary N) is 1. The highest BCUT2D eigenvalue weighted by Crippen LogP contribution is 2.11. The largest absolute Gasteiger partial charge is 0.463 e. The first kappa shape index (κ1) is 18.0. The Morgan fingerprint density at radius 1 is 1.08 bits per heavy atom. The number of rotatable bonds is 6. The summed E-state index contributed by atoms with van der Waals surface area (Å²) in [6.45, 7) is 1.50. The molecule has 1 aliphatic heterocycles. The summed E-state index contributed by atoms with van der Waals surface area (Å²) in [5.74, 6) is -1.90. The minimum Gasteiger partial charge on any atom is -0.463 e. The van der Waals surface area contributed by atoms with Crippen molar-refractivity contribution < 1.29 is 28.7 Å². The van der Waals surface area contributed by atoms with Crippen molar-refractivity contribution in [3.63, 3.8) is 0 Å². The summed E-state index contributed by atoms with van der Waals surface area (Å²) in [5, 5.41) is 4.87. The summed E-state index contributed by atoms with van der Waals surface area (Å²) in [6.07, 6.45) is 0. The van der Waals surface area contributed by atoms with E-state index in [-0.39, 0.29) is 42.2 Å². The van der Waals surface area contributed by atoms with E-state index < -0.39 is 23.9 Å². The molecule has 9 nitrogen and oxygen atoms in total. The number of urea groups is 1. The molecule has 1 aromatic rings. The second-order valence-electron chi connectivity index (χ2n) is 5.00. The zero-order chi connectivity index (χ0) is 18.4. The molecular weight excluding hydrogens is 330 g/mol. The van der Waals surface area contributed by atoms with Crippen LogP contribution < -0.4 is 16.4 Å². The Hall–Kier alpha value is -3.36. The zero-order valence-electron chi connectivity index (χ0n) is 13.5. The Morgan fingerprint density at radius 2 is 1.72 bits per heavy atom. The van der Waals surface area contributed by atoms with Crippen LogP contribution in [0.15, 0.2) is 35.5 Å². The van der Waals surface area contributed by atoms with Crippen molar-refractivity contribution in [1.82, 2.24) is 10.6 Å². The van der Waals surface area contributed by atoms with Crippen LogP contribution >= 0.6 is 0 Å². The van der Waals surface area contributed by atoms with E-state index in [0.29, 0.717) is 0 Å². The monoisotopic (exact) mass is 347 g/mol. The van der Waals surface area contributed by atoms with Crippen LogP contribution in [0.2, 0.25) is 0 Å². The van der Waals surface area contributed by atoms with E-state index in [4.69, 9.17) is 15.2 Å². The molecule has 0 bridgehead atoms. The predicted molar refractivity (Wildman–Crippen MR) is 85.4 cm³/mol. The predicted octanol–water partition coefficient (Wildman–Crippen LogP) is 0.0723. The van der Waals surface area contributed by atoms with Gasteiger partial charge in [-0.25, -0.2) is 14.4 Å². The van der Waals surface area contributed by atoms with E-state index in [1.54, 1.807) is 6.92 Å². The molecule has 0 atom stereocenters. The number of ether oxygens (including phenoxy) is 2. The summed E-state index contributed by atoms with van der Waals surface area (Å²) in [6, 6.07) is 5.07. The van der Waals surface area contributed by atoms with Crippen molar-refractivity contribution in [2.24, 2.45) is 5.73 Å². The smallest absolute Gasteiger partial charge is 0.338 e. The van der Waals surface area contributed by atoms with Gasteiger partial charge in [0.1, 0.15) is 6.61 Å². The van der Waals surface area contributed by atoms with E-state index >= 15 is 0 Å². The van der Waals surface area contributed by atoms with E-state index in [9.17, 15) is 19.2 Å². The van der Waals surface area contributed by atoms with Crippen LogP contribution in [-0.4, -0.2) is 43.6 Å². The number of primary amides is 1. The van der Waals surface area contributed by atoms with E-state index in [1.807, 2.05) is 0 Å². The van der Waals surface area contributed by atoms with Crippen LogP contribution in [0.1, 0.15) is 27.6 Å². The summed E-state index contributed by atoms with van der Waals surface area (Å²) in [7, 11) is 0. The molecule has 0 aromatic heterocycles. The van der Waals surface area contributed by atoms with Crippen molar-refractivity contribution in [1.29, 1.82) is 0 Å². The van der Waals surface area contributed by atoms with Crippen LogP contribution in [0.4, 0.5) is 4.79 Å². The number of amides is 3. The average molecular weight is 347 g/mol. The Bertz CT molecular complexity index is 739. The molecule has 0 saturated carbocycles. The van der Waals surface area contributed by atoms with Crippen LogP contribution in [-0.2, 0) is 14.3 Å². The van der Waals surface area contributed by atoms with Gasteiger partial charge in [-0.05, 0) is 31.2 Å². The van der Waals surface area contributed by atoms with Gasteiger partial charge >= 0.3 is 18.0 Å². The van der Waals surface area contributed by atoms with Crippen LogP contribution in [0.3, 0.4) is 0 Å². The molecule has 0 spiro atoms. The molecule has 0 unspecified atom stereocenters. The second-order valence-corrected chi connectivity index (χ2v) is 5.00. The van der Waals surface area contributed by atoms with Gasteiger partial charge in [0, 0.05) is 5.56 Å². The van der Waals surface area contributed by atoms with Crippen molar-refractivity contribution >= 4 is 23.9 Å². The molecule has 0 radical (unpaired) electrons. The van der Waals surface area contributed by atoms with Crippen LogP contribution in [0.25, 0.3) is 0 Å². The maximum atomic E-state index is 12.0. The van der Waals surface area contributed by atoms with Crippen LogP contribution in [0.5, 0.6) is 0 Å². The van der Waals surface area contributed by atoms with Gasteiger partial charge in [-0.3, -0.25) is 4.79 Å². The van der Waals surface area contributed by atoms with Crippen molar-refractivity contribution in [3.8, 4) is 0 Å². The summed E-state index contributed by atoms with van der Waals surface area (Å²) in [5.41, 5.74) is 5.92. The first-order valence-electron chi connectivity index (χ1n) is 7.43. The fraction of sp³-hybridized carbons (Fsp3) is 0.250. The highest BCUT2D eigenvalue weighted by molar-refractivity contribution is 5.96. The lowest BCUT2D eigenvalue weighted by atomic mass is 10.1. The zero-order valence-corrected chi connectivity index (χ0v) is 13.5. The number of carbonyl (C=O) groups excluding carboxylic acids is 4. The van der Waals surface area contributed by atoms with E-state index in [1.165, 1.54) is 24.3 Å². The third-order valence-electron chi connectivity index (χ3n) is 3.33. The lowest BCUT2D eigenvalue weighted by Crippen LogP contribution is -2.45. The maximum Gasteiger partial charge on any atom is 0.338 e. The molecule has 1 heterocycles. The molecule has 0 fully saturated rings. The minimum absolute atomic E-state index is 0.0230. The molecular formula is C16H17N3O6. The average Bonchev–Trinajstić information content (AvgIpc) is 2.60. The molecule has 2 rings (SSSR count). The second kappa shape index (κ2) is 7.95. The third kappa shape index (κ3) is 4.56. The highest BCUT2D eigenvalue weighted by Gasteiger charge is 2.24. The van der Waals surface area contributed by atoms with Gasteiger partial charge in [0.25, 0.3) is 0 Å². The van der Waals surface area contributed by atoms with Gasteiger partial charge < -0.3 is 25.8 Å². The molecule has 132 valence electrons. The lowest BCUT2D eigenvalue weighted by Gasteiger charge is -2.21. The molecule has 25 heavy (non-hydrogen) atoms. The highest BCUT2D eigenvalue weighted by atomic mass is 16.5. The van der Waals surface area contributed by atoms with E-state index in [0.717, 1.165) is 0 Å². The number of hydrogen-bond acceptors (Lipinski definition) is 6. The van der Waals surface area contributed by atoms with Crippen molar-refractivity contribution in [2.75, 3.05) is 19.8 Å². The molecule has 1 aromatic carbocycles. The third-order valence-corrected chi connectivity index (χ3v) is 3.33. The molecule has 1 aliphatic rings. The van der Waals surface area contributed by atoms with Gasteiger partial charge in [0.15, 0.2) is 0 Å². The Labute approximate surface area is 143 Å². The number of benzene rings is 1. The van der Waals surface area contributed by atoms with Crippen molar-refractivity contribution in [2.45, 2.75) is 6.92 Å². The molecule has 0 saturated heterocycles. The van der Waals surface area contributed by atoms with Gasteiger partial charge in [-0.15, -0.1) is 0 Å². The van der Waals surface area contributed by atoms with Gasteiger partial charge in [-0.1, -0.05) is 0 Å². The standard InChI is InChI=1S/C16H17N3O6/c1-2-24-15(22)11-7-18-16(23)19-12(11)8-25-14(21)10-5-3-9(4-6-10)13(17)20/h3-6H,2,7-8H2,1H3,(H2,17,20)(H2,18,19,23). The summed E-state index contributed by atoms with van der Waals surface area (Å²) in [4.78, 5) is 46.4. The minimum atomic E-state index is -0.681. The summed E-state index contributed by atoms with van der Waals surface area (Å²) >= 11 is 0. The van der Waals surface area contributed by atoms with Gasteiger partial charge in [0.2, 0.25) is 5.91 Å². The number of carbonyl (C=O) groups is 4. The number of esters is 2. The Kier molecular flexibility index (Phi) is 5.72. The fourth-order valence-corrected chi connectivity index (χ4v) is 2.06. The Balaban J connectivity index is 2.08. The van der Waals surface area contributed by atoms with Crippen LogP contribution in [0, 0.1) is 0 Å². The number of hydrogen-bond donors (Lipinski definition) is 3. The van der Waals surface area contributed by atoms with Crippen molar-refractivity contribution in [3.05, 3.63) is 46.7 Å². The SMILES string of the molecule is CCOC(=O)C1=C(COC(=O)c2ccc(C(N)=O)cc2)NC(=O)NC1. The lowest BCUT2D eigenvalue weighted by molar-refractivity contribution is -0.138. The van der Waals surface area contributed by atoms with E-state index in [2.05, 4.69) is 10.6 Å². The normalized spacial score (nSPS) is 13.6. The summed E-state index contributed by atoms with van der Waals surface area (Å²) < 4.78 is 10.0. The molecule has 4 N–H and O–H groups in total. The fourth-order valence-electron chi connectivity index (χ4n) is 2.06. The van der Waals surface area contributed by atoms with Gasteiger partial charge in [0.05, 0.1) is 30.0 Å². The maximum absolute atomic E-state index is 12.0. The molecule has 9 heteroatoms. The molecule has 0 aliphatic carbocycles. The topological polar surface area (TPSA) is 137 Å². The number of nitrogens with one attached hydrogen (secondary N) is 2. The quantitative estimate of drug-likeness (QED) is 0.623. The first-order chi connectivity index (χ1) is 11.9. The Morgan fingerprint density at radius 3 is 2.32 bits per heavy atom. The molecule has 3 amide bonds. The van der Waals surface area contributed by atoms with Gasteiger partial charge in [-0.2, -0.15) is 0 Å². The first-order valence-corrected chi connectivity index (χ1v) is 7.43.